The van der Waals surface area contributed by atoms with Crippen molar-refractivity contribution >= 4 is 11.6 Å². The zero-order valence-corrected chi connectivity index (χ0v) is 15.8. The van der Waals surface area contributed by atoms with Crippen molar-refractivity contribution in [1.29, 1.82) is 0 Å². The number of hydrogen-bond donors (Lipinski definition) is 1. The third-order valence-electron chi connectivity index (χ3n) is 5.48. The zero-order chi connectivity index (χ0) is 18.0. The van der Waals surface area contributed by atoms with Crippen LogP contribution in [0.5, 0.6) is 0 Å². The largest absolute Gasteiger partial charge is 0.379 e. The third kappa shape index (κ3) is 4.13. The first-order valence-electron chi connectivity index (χ1n) is 9.23. The Bertz CT molecular complexity index is 656. The Kier molecular flexibility index (Phi) is 5.30. The van der Waals surface area contributed by atoms with E-state index in [2.05, 4.69) is 50.1 Å². The minimum Gasteiger partial charge on any atom is -0.379 e. The lowest BCUT2D eigenvalue weighted by Gasteiger charge is -2.27. The van der Waals surface area contributed by atoms with E-state index in [0.717, 1.165) is 38.5 Å². The number of benzene rings is 1. The zero-order valence-electron chi connectivity index (χ0n) is 15.8. The van der Waals surface area contributed by atoms with Gasteiger partial charge < -0.3 is 10.1 Å². The molecule has 1 saturated heterocycles. The highest BCUT2D eigenvalue weighted by atomic mass is 16.5. The second kappa shape index (κ2) is 7.30. The fourth-order valence-electron chi connectivity index (χ4n) is 3.84. The van der Waals surface area contributed by atoms with Gasteiger partial charge in [0.2, 0.25) is 5.91 Å². The molecule has 2 fully saturated rings. The molecule has 1 saturated carbocycles. The van der Waals surface area contributed by atoms with Gasteiger partial charge in [0.25, 0.3) is 0 Å². The van der Waals surface area contributed by atoms with E-state index in [1.165, 1.54) is 11.1 Å². The van der Waals surface area contributed by atoms with Crippen LogP contribution in [0, 0.1) is 17.3 Å². The van der Waals surface area contributed by atoms with Gasteiger partial charge in [-0.25, -0.2) is 0 Å². The summed E-state index contributed by atoms with van der Waals surface area (Å²) in [5.74, 6) is 0.532. The average Bonchev–Trinajstić information content (AvgIpc) is 3.10. The third-order valence-corrected chi connectivity index (χ3v) is 5.48. The molecule has 1 aromatic rings. The van der Waals surface area contributed by atoms with E-state index in [0.29, 0.717) is 5.92 Å². The summed E-state index contributed by atoms with van der Waals surface area (Å²) in [5.41, 5.74) is 3.44. The van der Waals surface area contributed by atoms with Crippen LogP contribution in [0.25, 0.3) is 0 Å². The maximum Gasteiger partial charge on any atom is 0.228 e. The van der Waals surface area contributed by atoms with Crippen LogP contribution in [0.15, 0.2) is 35.9 Å². The van der Waals surface area contributed by atoms with Crippen molar-refractivity contribution in [3.8, 4) is 0 Å². The summed E-state index contributed by atoms with van der Waals surface area (Å²) < 4.78 is 5.42. The molecule has 3 rings (SSSR count). The van der Waals surface area contributed by atoms with E-state index in [1.807, 2.05) is 18.2 Å². The first-order valence-corrected chi connectivity index (χ1v) is 9.23. The van der Waals surface area contributed by atoms with E-state index < -0.39 is 0 Å². The van der Waals surface area contributed by atoms with E-state index in [-0.39, 0.29) is 17.2 Å². The van der Waals surface area contributed by atoms with Gasteiger partial charge in [-0.15, -0.1) is 0 Å². The van der Waals surface area contributed by atoms with Crippen LogP contribution in [-0.4, -0.2) is 37.1 Å². The fourth-order valence-corrected chi connectivity index (χ4v) is 3.84. The predicted octanol–water partition coefficient (Wildman–Crippen LogP) is 3.70. The number of anilines is 1. The molecule has 136 valence electrons. The number of rotatable bonds is 5. The van der Waals surface area contributed by atoms with Crippen LogP contribution >= 0.6 is 0 Å². The number of para-hydroxylation sites is 1. The van der Waals surface area contributed by atoms with Gasteiger partial charge in [-0.2, -0.15) is 0 Å². The first-order chi connectivity index (χ1) is 11.9. The molecule has 1 heterocycles. The van der Waals surface area contributed by atoms with Crippen LogP contribution in [0.4, 0.5) is 5.69 Å². The number of ether oxygens (including phenoxy) is 1. The second-order valence-electron chi connectivity index (χ2n) is 8.10. The number of carbonyl (C=O) groups excluding carboxylic acids is 1. The van der Waals surface area contributed by atoms with Crippen LogP contribution in [0.2, 0.25) is 0 Å². The van der Waals surface area contributed by atoms with Gasteiger partial charge in [0.05, 0.1) is 19.1 Å². The van der Waals surface area contributed by atoms with Crippen molar-refractivity contribution in [2.24, 2.45) is 17.3 Å². The molecule has 25 heavy (non-hydrogen) atoms. The smallest absolute Gasteiger partial charge is 0.228 e. The van der Waals surface area contributed by atoms with Crippen molar-refractivity contribution in [3.05, 3.63) is 41.5 Å². The molecule has 0 aromatic heterocycles. The predicted molar refractivity (Wildman–Crippen MR) is 101 cm³/mol. The molecular formula is C21H30N2O2. The van der Waals surface area contributed by atoms with Crippen molar-refractivity contribution in [1.82, 2.24) is 4.90 Å². The highest BCUT2D eigenvalue weighted by Gasteiger charge is 2.60. The number of nitrogens with zero attached hydrogens (tertiary/aromatic N) is 1. The minimum atomic E-state index is 0.0422. The lowest BCUT2D eigenvalue weighted by molar-refractivity contribution is -0.118. The summed E-state index contributed by atoms with van der Waals surface area (Å²) in [6.45, 7) is 12.9. The topological polar surface area (TPSA) is 41.6 Å². The van der Waals surface area contributed by atoms with E-state index >= 15 is 0 Å². The van der Waals surface area contributed by atoms with Gasteiger partial charge in [-0.05, 0) is 36.8 Å². The molecule has 1 aliphatic heterocycles. The monoisotopic (exact) mass is 342 g/mol. The Hall–Kier alpha value is -1.65. The summed E-state index contributed by atoms with van der Waals surface area (Å²) in [6.07, 6.45) is 2.24. The van der Waals surface area contributed by atoms with Gasteiger partial charge in [0.15, 0.2) is 0 Å². The molecule has 2 atom stereocenters. The van der Waals surface area contributed by atoms with Crippen LogP contribution in [0.3, 0.4) is 0 Å². The molecule has 0 radical (unpaired) electrons. The first kappa shape index (κ1) is 18.2. The molecule has 1 amide bonds. The van der Waals surface area contributed by atoms with Crippen LogP contribution in [-0.2, 0) is 16.1 Å². The highest BCUT2D eigenvalue weighted by molar-refractivity contribution is 5.96. The maximum absolute atomic E-state index is 12.9. The van der Waals surface area contributed by atoms with Crippen molar-refractivity contribution in [2.75, 3.05) is 31.6 Å². The summed E-state index contributed by atoms with van der Waals surface area (Å²) >= 11 is 0. The molecule has 4 heteroatoms. The summed E-state index contributed by atoms with van der Waals surface area (Å²) in [6, 6.07) is 8.15. The Morgan fingerprint density at radius 1 is 1.28 bits per heavy atom. The van der Waals surface area contributed by atoms with Gasteiger partial charge in [-0.1, -0.05) is 43.7 Å². The quantitative estimate of drug-likeness (QED) is 0.830. The van der Waals surface area contributed by atoms with Gasteiger partial charge >= 0.3 is 0 Å². The Morgan fingerprint density at radius 3 is 2.64 bits per heavy atom. The van der Waals surface area contributed by atoms with Crippen LogP contribution in [0.1, 0.15) is 33.3 Å². The van der Waals surface area contributed by atoms with Crippen LogP contribution < -0.4 is 5.32 Å². The number of carbonyl (C=O) groups is 1. The molecule has 0 bridgehead atoms. The lowest BCUT2D eigenvalue weighted by atomic mass is 10.1. The number of allylic oxidation sites excluding steroid dienone is 2. The number of nitrogens with one attached hydrogen (secondary N) is 1. The number of morpholine rings is 1. The molecule has 1 N–H and O–H groups in total. The molecule has 0 unspecified atom stereocenters. The fraction of sp³-hybridized carbons (Fsp3) is 0.571. The minimum absolute atomic E-state index is 0.0422. The molecule has 1 aromatic carbocycles. The summed E-state index contributed by atoms with van der Waals surface area (Å²) in [4.78, 5) is 15.2. The van der Waals surface area contributed by atoms with E-state index in [9.17, 15) is 4.79 Å². The lowest BCUT2D eigenvalue weighted by Crippen LogP contribution is -2.35. The van der Waals surface area contributed by atoms with E-state index in [1.54, 1.807) is 0 Å². The maximum atomic E-state index is 12.9. The average molecular weight is 342 g/mol. The molecule has 4 nitrogen and oxygen atoms in total. The summed E-state index contributed by atoms with van der Waals surface area (Å²) in [7, 11) is 0. The molecule has 2 aliphatic rings. The van der Waals surface area contributed by atoms with Crippen molar-refractivity contribution in [3.63, 3.8) is 0 Å². The van der Waals surface area contributed by atoms with Gasteiger partial charge in [0.1, 0.15) is 0 Å². The summed E-state index contributed by atoms with van der Waals surface area (Å²) in [5, 5.41) is 3.19. The second-order valence-corrected chi connectivity index (χ2v) is 8.10. The molecular weight excluding hydrogens is 312 g/mol. The highest BCUT2D eigenvalue weighted by Crippen LogP contribution is 2.59. The number of hydrogen-bond acceptors (Lipinski definition) is 3. The molecule has 0 spiro atoms. The molecule has 1 aliphatic carbocycles. The van der Waals surface area contributed by atoms with Crippen molar-refractivity contribution in [2.45, 2.75) is 34.2 Å². The SMILES string of the molecule is CC(C)=C[C@H]1[C@@H](C(=O)Nc2ccccc2CN2CCOCC2)C1(C)C. The van der Waals surface area contributed by atoms with Crippen molar-refractivity contribution < 1.29 is 9.53 Å². The van der Waals surface area contributed by atoms with E-state index in [4.69, 9.17) is 4.74 Å². The number of amides is 1. The standard InChI is InChI=1S/C21H30N2O2/c1-15(2)13-17-19(21(17,3)4)20(24)22-18-8-6-5-7-16(18)14-23-9-11-25-12-10-23/h5-8,13,17,19H,9-12,14H2,1-4H3,(H,22,24)/t17-,19-/m0/s1. The van der Waals surface area contributed by atoms with Gasteiger partial charge in [0, 0.05) is 25.3 Å². The van der Waals surface area contributed by atoms with Gasteiger partial charge in [-0.3, -0.25) is 9.69 Å². The Morgan fingerprint density at radius 2 is 1.96 bits per heavy atom. The normalized spacial score (nSPS) is 25.3. The Labute approximate surface area is 151 Å². The Balaban J connectivity index is 1.69.